The molecule has 0 saturated carbocycles. The highest BCUT2D eigenvalue weighted by molar-refractivity contribution is 15.0. The molecule has 5 aromatic carbocycles. The second-order valence-electron chi connectivity index (χ2n) is 9.77. The van der Waals surface area contributed by atoms with Crippen LogP contribution in [0.15, 0.2) is 124 Å². The zero-order valence-electron chi connectivity index (χ0n) is 24.4. The van der Waals surface area contributed by atoms with Gasteiger partial charge in [0.2, 0.25) is 0 Å². The van der Waals surface area contributed by atoms with Gasteiger partial charge < -0.3 is 0 Å². The number of hydrogen-bond acceptors (Lipinski definition) is 0. The molecular formula is C36H37Br2I2P. The highest BCUT2D eigenvalue weighted by Crippen LogP contribution is 2.32. The van der Waals surface area contributed by atoms with Crippen LogP contribution in [0.2, 0.25) is 0 Å². The molecule has 0 fully saturated rings. The molecule has 0 aliphatic carbocycles. The van der Waals surface area contributed by atoms with Crippen LogP contribution >= 0.6 is 77.0 Å². The molecule has 0 aromatic heterocycles. The monoisotopic (exact) mass is 912 g/mol. The van der Waals surface area contributed by atoms with Crippen molar-refractivity contribution in [3.63, 3.8) is 0 Å². The molecule has 0 nitrogen and oxygen atoms in total. The maximum absolute atomic E-state index is 3.51. The molecule has 214 valence electrons. The Bertz CT molecular complexity index is 1280. The first kappa shape index (κ1) is 36.1. The van der Waals surface area contributed by atoms with Crippen molar-refractivity contribution in [1.29, 1.82) is 0 Å². The number of benzene rings is 5. The zero-order chi connectivity index (χ0) is 30.4. The lowest BCUT2D eigenvalue weighted by Crippen LogP contribution is -2.20. The van der Waals surface area contributed by atoms with Gasteiger partial charge in [0.15, 0.2) is 0 Å². The SMILES string of the molecule is Cc1cc(C)c(Br)c(C)c1.Cc1cc(C)c(Br)c(C)c1.II.c1ccc(P(c2ccccc2)c2ccccc2)cc1. The van der Waals surface area contributed by atoms with Crippen molar-refractivity contribution >= 4 is 92.9 Å². The Morgan fingerprint density at radius 3 is 0.854 bits per heavy atom. The van der Waals surface area contributed by atoms with Gasteiger partial charge in [0, 0.05) is 46.2 Å². The fourth-order valence-electron chi connectivity index (χ4n) is 4.50. The molecule has 0 spiro atoms. The Kier molecular flexibility index (Phi) is 17.0. The van der Waals surface area contributed by atoms with Gasteiger partial charge in [-0.05, 0) is 87.6 Å². The molecule has 0 amide bonds. The Hall–Kier alpha value is -1.05. The minimum absolute atomic E-state index is 0.446. The summed E-state index contributed by atoms with van der Waals surface area (Å²) in [5.41, 5.74) is 7.93. The van der Waals surface area contributed by atoms with Crippen molar-refractivity contribution in [3.8, 4) is 0 Å². The standard InChI is InChI=1S/C18H15P.2C9H11Br.I2/c1-4-10-16(11-5-1)19(17-12-6-2-7-13-17)18-14-8-3-9-15-18;2*1-6-4-7(2)9(10)8(3)5-6;1-2/h1-15H;2*4-5H,1-3H3;. The van der Waals surface area contributed by atoms with Gasteiger partial charge in [-0.1, -0.05) is 158 Å². The normalized spacial score (nSPS) is 9.93. The van der Waals surface area contributed by atoms with Crippen molar-refractivity contribution in [2.75, 3.05) is 0 Å². The van der Waals surface area contributed by atoms with Crippen LogP contribution in [0, 0.1) is 41.5 Å². The molecule has 0 aliphatic heterocycles. The van der Waals surface area contributed by atoms with E-state index in [-0.39, 0.29) is 0 Å². The van der Waals surface area contributed by atoms with Gasteiger partial charge in [-0.15, -0.1) is 0 Å². The first-order valence-corrected chi connectivity index (χ1v) is 22.4. The van der Waals surface area contributed by atoms with E-state index in [4.69, 9.17) is 0 Å². The largest absolute Gasteiger partial charge is 0.0622 e. The lowest BCUT2D eigenvalue weighted by atomic mass is 10.1. The fourth-order valence-corrected chi connectivity index (χ4v) is 7.27. The second-order valence-corrected chi connectivity index (χ2v) is 13.6. The summed E-state index contributed by atoms with van der Waals surface area (Å²) < 4.78 is 2.47. The Morgan fingerprint density at radius 1 is 0.415 bits per heavy atom. The third-order valence-corrected chi connectivity index (χ3v) is 11.2. The summed E-state index contributed by atoms with van der Waals surface area (Å²) in [4.78, 5) is 0. The van der Waals surface area contributed by atoms with E-state index in [9.17, 15) is 0 Å². The molecule has 0 atom stereocenters. The molecule has 0 unspecified atom stereocenters. The second kappa shape index (κ2) is 19.3. The summed E-state index contributed by atoms with van der Waals surface area (Å²) in [6.07, 6.45) is 0. The summed E-state index contributed by atoms with van der Waals surface area (Å²) >= 11 is 11.3. The molecule has 0 saturated heterocycles. The van der Waals surface area contributed by atoms with Crippen molar-refractivity contribution in [1.82, 2.24) is 0 Å². The van der Waals surface area contributed by atoms with Crippen LogP contribution in [0.5, 0.6) is 0 Å². The van der Waals surface area contributed by atoms with Crippen molar-refractivity contribution in [2.45, 2.75) is 41.5 Å². The topological polar surface area (TPSA) is 0 Å². The Morgan fingerprint density at radius 2 is 0.634 bits per heavy atom. The number of halogens is 4. The average Bonchev–Trinajstić information content (AvgIpc) is 2.98. The number of aryl methyl sites for hydroxylation is 6. The maximum Gasteiger partial charge on any atom is 0.0233 e. The third-order valence-electron chi connectivity index (χ3n) is 6.20. The number of hydrogen-bond donors (Lipinski definition) is 0. The minimum Gasteiger partial charge on any atom is -0.0622 e. The summed E-state index contributed by atoms with van der Waals surface area (Å²) in [5, 5.41) is 4.19. The van der Waals surface area contributed by atoms with Gasteiger partial charge >= 0.3 is 0 Å². The van der Waals surface area contributed by atoms with E-state index < -0.39 is 7.92 Å². The van der Waals surface area contributed by atoms with Crippen LogP contribution in [0.3, 0.4) is 0 Å². The average molecular weight is 914 g/mol. The van der Waals surface area contributed by atoms with Crippen LogP contribution in [-0.2, 0) is 0 Å². The van der Waals surface area contributed by atoms with Gasteiger partial charge in [-0.2, -0.15) is 0 Å². The highest BCUT2D eigenvalue weighted by Gasteiger charge is 2.15. The summed E-state index contributed by atoms with van der Waals surface area (Å²) in [6.45, 7) is 12.7. The van der Waals surface area contributed by atoms with E-state index in [1.807, 2.05) is 0 Å². The molecule has 41 heavy (non-hydrogen) atoms. The van der Waals surface area contributed by atoms with Crippen molar-refractivity contribution in [2.24, 2.45) is 0 Å². The maximum atomic E-state index is 3.51. The zero-order valence-corrected chi connectivity index (χ0v) is 32.8. The van der Waals surface area contributed by atoms with Crippen LogP contribution in [0.1, 0.15) is 33.4 Å². The van der Waals surface area contributed by atoms with E-state index >= 15 is 0 Å². The Balaban J connectivity index is 0.000000228. The molecule has 0 bridgehead atoms. The van der Waals surface area contributed by atoms with Crippen LogP contribution in [0.25, 0.3) is 0 Å². The molecule has 0 aliphatic rings. The van der Waals surface area contributed by atoms with Crippen LogP contribution < -0.4 is 15.9 Å². The molecule has 0 radical (unpaired) electrons. The van der Waals surface area contributed by atoms with Crippen molar-refractivity contribution < 1.29 is 0 Å². The van der Waals surface area contributed by atoms with E-state index in [0.29, 0.717) is 0 Å². The molecular weight excluding hydrogens is 877 g/mol. The number of rotatable bonds is 3. The lowest BCUT2D eigenvalue weighted by molar-refractivity contribution is 1.29. The molecule has 5 heteroatoms. The van der Waals surface area contributed by atoms with E-state index in [0.717, 1.165) is 0 Å². The summed E-state index contributed by atoms with van der Waals surface area (Å²) in [5.74, 6) is 0. The van der Waals surface area contributed by atoms with Gasteiger partial charge in [0.05, 0.1) is 0 Å². The molecule has 5 rings (SSSR count). The van der Waals surface area contributed by atoms with Crippen LogP contribution in [-0.4, -0.2) is 0 Å². The highest BCUT2D eigenvalue weighted by atomic mass is 128. The predicted octanol–water partition coefficient (Wildman–Crippen LogP) is 12.0. The van der Waals surface area contributed by atoms with Gasteiger partial charge in [0.25, 0.3) is 0 Å². The van der Waals surface area contributed by atoms with Gasteiger partial charge in [-0.25, -0.2) is 0 Å². The first-order valence-electron chi connectivity index (χ1n) is 13.2. The Labute approximate surface area is 289 Å². The van der Waals surface area contributed by atoms with Gasteiger partial charge in [0.1, 0.15) is 0 Å². The third kappa shape index (κ3) is 11.9. The van der Waals surface area contributed by atoms with E-state index in [1.54, 1.807) is 0 Å². The first-order chi connectivity index (χ1) is 19.7. The molecule has 5 aromatic rings. The molecule has 0 heterocycles. The smallest absolute Gasteiger partial charge is 0.0233 e. The van der Waals surface area contributed by atoms with E-state index in [1.165, 1.54) is 58.2 Å². The summed E-state index contributed by atoms with van der Waals surface area (Å²) in [6, 6.07) is 41.0. The van der Waals surface area contributed by atoms with E-state index in [2.05, 4.69) is 226 Å². The summed E-state index contributed by atoms with van der Waals surface area (Å²) in [7, 11) is -0.446. The van der Waals surface area contributed by atoms with Gasteiger partial charge in [-0.3, -0.25) is 0 Å². The van der Waals surface area contributed by atoms with Crippen molar-refractivity contribution in [3.05, 3.63) is 158 Å². The lowest BCUT2D eigenvalue weighted by Gasteiger charge is -2.18. The fraction of sp³-hybridized carbons (Fsp3) is 0.167. The quantitative estimate of drug-likeness (QED) is 0.125. The predicted molar refractivity (Wildman–Crippen MR) is 210 cm³/mol. The minimum atomic E-state index is -0.446. The van der Waals surface area contributed by atoms with Crippen LogP contribution in [0.4, 0.5) is 0 Å². The molecule has 0 N–H and O–H groups in total.